The zero-order valence-electron chi connectivity index (χ0n) is 52.8. The summed E-state index contributed by atoms with van der Waals surface area (Å²) in [6.07, 6.45) is 31.0. The number of unbranched alkanes of at least 4 members (excludes halogenated alkanes) is 29. The summed E-state index contributed by atoms with van der Waals surface area (Å²) < 4.78 is 34.3. The lowest BCUT2D eigenvalue weighted by Gasteiger charge is -2.48. The third kappa shape index (κ3) is 31.7. The van der Waals surface area contributed by atoms with E-state index in [0.29, 0.717) is 12.8 Å². The molecule has 3 heterocycles. The minimum atomic E-state index is -1.98. The summed E-state index contributed by atoms with van der Waals surface area (Å²) in [6, 6.07) is -0.995. The number of ether oxygens (including phenoxy) is 6. The molecule has 17 atom stereocenters. The second kappa shape index (κ2) is 49.5. The Labute approximate surface area is 516 Å². The van der Waals surface area contributed by atoms with E-state index in [9.17, 15) is 61.0 Å². The van der Waals surface area contributed by atoms with Crippen LogP contribution >= 0.6 is 0 Å². The summed E-state index contributed by atoms with van der Waals surface area (Å²) in [5.41, 5.74) is 0. The van der Waals surface area contributed by atoms with Crippen LogP contribution in [-0.2, 0) is 33.2 Å². The highest BCUT2D eigenvalue weighted by molar-refractivity contribution is 5.76. The Bertz CT molecular complexity index is 1750. The second-order valence-corrected chi connectivity index (χ2v) is 24.3. The molecule has 0 aliphatic carbocycles. The van der Waals surface area contributed by atoms with Crippen LogP contribution in [0.4, 0.5) is 0 Å². The average molecular weight is 1230 g/mol. The van der Waals surface area contributed by atoms with Crippen molar-refractivity contribution in [3.8, 4) is 0 Å². The number of amides is 1. The number of aliphatic hydroxyl groups excluding tert-OH is 11. The number of allylic oxidation sites excluding steroid dienone is 7. The van der Waals surface area contributed by atoms with Crippen LogP contribution in [0.5, 0.6) is 0 Å². The molecule has 3 aliphatic rings. The molecule has 19 heteroatoms. The third-order valence-corrected chi connectivity index (χ3v) is 16.8. The maximum absolute atomic E-state index is 13.4. The van der Waals surface area contributed by atoms with Crippen LogP contribution in [0.2, 0.25) is 0 Å². The normalized spacial score (nSPS) is 29.1. The number of aliphatic hydroxyl groups is 11. The standard InChI is InChI=1S/C67H121NO18/c1-3-5-7-9-11-13-15-17-19-20-21-22-23-24-25-26-27-28-29-30-31-33-35-37-39-41-43-45-55(73)68-50(51(72)44-42-40-38-36-34-32-18-16-14-12-10-8-6-4-2)49-81-65-61(79)58(76)63(53(47-70)83-65)86-67-62(80)59(77)64(54(48-71)84-67)85-66-60(78)57(75)56(74)52(46-69)82-66/h14,16,20-21,34,36,42,44,50-54,56-67,69-72,74-80H,3-13,15,17-19,22-33,35,37-41,43,45-49H2,1-2H3,(H,68,73)/b16-14+,21-20-,36-34+,44-42+. The van der Waals surface area contributed by atoms with Gasteiger partial charge < -0.3 is 89.9 Å². The van der Waals surface area contributed by atoms with Gasteiger partial charge in [-0.3, -0.25) is 4.79 Å². The lowest BCUT2D eigenvalue weighted by atomic mass is 9.96. The number of carbonyl (C=O) groups excluding carboxylic acids is 1. The zero-order chi connectivity index (χ0) is 62.6. The van der Waals surface area contributed by atoms with Gasteiger partial charge in [-0.25, -0.2) is 0 Å². The van der Waals surface area contributed by atoms with E-state index in [-0.39, 0.29) is 18.9 Å². The Morgan fingerprint density at radius 2 is 0.744 bits per heavy atom. The molecule has 12 N–H and O–H groups in total. The largest absolute Gasteiger partial charge is 0.394 e. The molecule has 0 radical (unpaired) electrons. The number of carbonyl (C=O) groups is 1. The van der Waals surface area contributed by atoms with Crippen LogP contribution in [0.1, 0.15) is 239 Å². The summed E-state index contributed by atoms with van der Waals surface area (Å²) in [4.78, 5) is 13.4. The fraction of sp³-hybridized carbons (Fsp3) is 0.866. The van der Waals surface area contributed by atoms with Crippen molar-refractivity contribution in [2.75, 3.05) is 26.4 Å². The monoisotopic (exact) mass is 1230 g/mol. The van der Waals surface area contributed by atoms with Crippen molar-refractivity contribution in [1.82, 2.24) is 5.32 Å². The third-order valence-electron chi connectivity index (χ3n) is 16.8. The summed E-state index contributed by atoms with van der Waals surface area (Å²) in [5, 5.41) is 120. The SMILES string of the molecule is CCCCCC/C=C/CC/C=C/CC/C=C/C(O)C(COC1OC(CO)C(OC2OC(CO)C(OC3OC(CO)C(O)C(O)C3O)C(O)C2O)C(O)C1O)NC(=O)CCCCCCCCCCCCCCCCC/C=C\CCCCCCCCCC. The van der Waals surface area contributed by atoms with Crippen LogP contribution < -0.4 is 5.32 Å². The summed E-state index contributed by atoms with van der Waals surface area (Å²) in [6.45, 7) is 1.68. The van der Waals surface area contributed by atoms with E-state index in [1.807, 2.05) is 6.08 Å². The van der Waals surface area contributed by atoms with Gasteiger partial charge in [0, 0.05) is 6.42 Å². The van der Waals surface area contributed by atoms with Crippen molar-refractivity contribution in [3.05, 3.63) is 48.6 Å². The van der Waals surface area contributed by atoms with Gasteiger partial charge in [0.05, 0.1) is 38.6 Å². The molecule has 3 fully saturated rings. The topological polar surface area (TPSA) is 307 Å². The second-order valence-electron chi connectivity index (χ2n) is 24.3. The van der Waals surface area contributed by atoms with Crippen LogP contribution in [0.25, 0.3) is 0 Å². The smallest absolute Gasteiger partial charge is 0.220 e. The maximum Gasteiger partial charge on any atom is 0.220 e. The van der Waals surface area contributed by atoms with Crippen LogP contribution in [-0.4, -0.2) is 193 Å². The fourth-order valence-electron chi connectivity index (χ4n) is 11.3. The van der Waals surface area contributed by atoms with E-state index in [0.717, 1.165) is 44.9 Å². The predicted molar refractivity (Wildman–Crippen MR) is 332 cm³/mol. The number of rotatable bonds is 51. The first-order chi connectivity index (χ1) is 41.8. The minimum Gasteiger partial charge on any atom is -0.394 e. The Hall–Kier alpha value is -2.25. The molecular weight excluding hydrogens is 1110 g/mol. The lowest BCUT2D eigenvalue weighted by Crippen LogP contribution is -2.66. The number of nitrogens with one attached hydrogen (secondary N) is 1. The Morgan fingerprint density at radius 1 is 0.407 bits per heavy atom. The van der Waals surface area contributed by atoms with Crippen molar-refractivity contribution >= 4 is 5.91 Å². The number of hydrogen-bond donors (Lipinski definition) is 12. The summed E-state index contributed by atoms with van der Waals surface area (Å²) in [5.74, 6) is -0.289. The molecule has 0 bridgehead atoms. The molecule has 17 unspecified atom stereocenters. The molecule has 502 valence electrons. The first-order valence-corrected chi connectivity index (χ1v) is 33.9. The fourth-order valence-corrected chi connectivity index (χ4v) is 11.3. The quantitative estimate of drug-likeness (QED) is 0.0202. The molecule has 0 spiro atoms. The molecule has 1 amide bonds. The van der Waals surface area contributed by atoms with Gasteiger partial charge in [0.25, 0.3) is 0 Å². The molecule has 0 saturated carbocycles. The van der Waals surface area contributed by atoms with Crippen molar-refractivity contribution < 1.29 is 89.4 Å². The van der Waals surface area contributed by atoms with Crippen LogP contribution in [0.15, 0.2) is 48.6 Å². The van der Waals surface area contributed by atoms with Crippen molar-refractivity contribution in [2.24, 2.45) is 0 Å². The molecule has 3 rings (SSSR count). The van der Waals surface area contributed by atoms with E-state index in [1.165, 1.54) is 161 Å². The Kier molecular flexibility index (Phi) is 44.8. The molecule has 0 aromatic carbocycles. The average Bonchev–Trinajstić information content (AvgIpc) is 2.54. The highest BCUT2D eigenvalue weighted by Gasteiger charge is 2.53. The van der Waals surface area contributed by atoms with Gasteiger partial charge in [-0.2, -0.15) is 0 Å². The van der Waals surface area contributed by atoms with Gasteiger partial charge in [-0.1, -0.05) is 210 Å². The Morgan fingerprint density at radius 3 is 1.17 bits per heavy atom. The summed E-state index contributed by atoms with van der Waals surface area (Å²) in [7, 11) is 0. The zero-order valence-corrected chi connectivity index (χ0v) is 52.8. The molecule has 86 heavy (non-hydrogen) atoms. The van der Waals surface area contributed by atoms with E-state index in [2.05, 4.69) is 55.6 Å². The van der Waals surface area contributed by atoms with E-state index >= 15 is 0 Å². The number of hydrogen-bond acceptors (Lipinski definition) is 18. The van der Waals surface area contributed by atoms with Gasteiger partial charge >= 0.3 is 0 Å². The first-order valence-electron chi connectivity index (χ1n) is 33.9. The highest BCUT2D eigenvalue weighted by Crippen LogP contribution is 2.33. The van der Waals surface area contributed by atoms with Crippen LogP contribution in [0.3, 0.4) is 0 Å². The van der Waals surface area contributed by atoms with E-state index in [4.69, 9.17) is 28.4 Å². The molecule has 3 aliphatic heterocycles. The maximum atomic E-state index is 13.4. The van der Waals surface area contributed by atoms with Crippen molar-refractivity contribution in [1.29, 1.82) is 0 Å². The molecule has 3 saturated heterocycles. The van der Waals surface area contributed by atoms with Gasteiger partial charge in [0.1, 0.15) is 73.2 Å². The van der Waals surface area contributed by atoms with E-state index < -0.39 is 124 Å². The van der Waals surface area contributed by atoms with Gasteiger partial charge in [-0.05, 0) is 70.6 Å². The molecule has 19 nitrogen and oxygen atoms in total. The lowest BCUT2D eigenvalue weighted by molar-refractivity contribution is -0.379. The van der Waals surface area contributed by atoms with Crippen molar-refractivity contribution in [3.63, 3.8) is 0 Å². The van der Waals surface area contributed by atoms with Crippen LogP contribution in [0, 0.1) is 0 Å². The summed E-state index contributed by atoms with van der Waals surface area (Å²) >= 11 is 0. The van der Waals surface area contributed by atoms with Gasteiger partial charge in [-0.15, -0.1) is 0 Å². The van der Waals surface area contributed by atoms with Gasteiger partial charge in [0.2, 0.25) is 5.91 Å². The predicted octanol–water partition coefficient (Wildman–Crippen LogP) is 8.22. The van der Waals surface area contributed by atoms with E-state index in [1.54, 1.807) is 6.08 Å². The molecule has 0 aromatic rings. The Balaban J connectivity index is 1.42. The molecular formula is C67H121NO18. The van der Waals surface area contributed by atoms with Crippen molar-refractivity contribution in [2.45, 2.75) is 343 Å². The van der Waals surface area contributed by atoms with Gasteiger partial charge in [0.15, 0.2) is 18.9 Å². The minimum absolute atomic E-state index is 0.233. The highest BCUT2D eigenvalue weighted by atomic mass is 16.8. The molecule has 0 aromatic heterocycles. The first kappa shape index (κ1) is 78.0.